The number of piperidine rings is 3. The quantitative estimate of drug-likeness (QED) is 0.0938. The first-order chi connectivity index (χ1) is 25.0. The molecular formula is C40H50ClN3O7Si. The molecule has 3 saturated heterocycles. The summed E-state index contributed by atoms with van der Waals surface area (Å²) in [6.07, 6.45) is 4.72. The molecule has 1 N–H and O–H groups in total. The van der Waals surface area contributed by atoms with Crippen LogP contribution in [0.2, 0.25) is 30.7 Å². The first kappa shape index (κ1) is 37.7. The topological polar surface area (TPSA) is 100 Å². The maximum Gasteiger partial charge on any atom is 0.256 e. The average molecular weight is 748 g/mol. The Morgan fingerprint density at radius 2 is 1.46 bits per heavy atom. The van der Waals surface area contributed by atoms with E-state index in [2.05, 4.69) is 29.9 Å². The summed E-state index contributed by atoms with van der Waals surface area (Å²) in [6.45, 7) is 11.6. The molecule has 3 aliphatic rings. The van der Waals surface area contributed by atoms with Crippen LogP contribution in [-0.2, 0) is 24.7 Å². The number of hydrogen-bond acceptors (Lipinski definition) is 8. The molecule has 0 atom stereocenters. The van der Waals surface area contributed by atoms with Crippen LogP contribution in [-0.4, -0.2) is 70.5 Å². The van der Waals surface area contributed by atoms with Crippen LogP contribution in [0.5, 0.6) is 23.0 Å². The van der Waals surface area contributed by atoms with Crippen LogP contribution >= 0.6 is 11.6 Å². The number of pyridine rings is 1. The zero-order valence-electron chi connectivity index (χ0n) is 30.9. The number of amides is 1. The summed E-state index contributed by atoms with van der Waals surface area (Å²) in [6, 6.07) is 17.8. The number of nitrogens with one attached hydrogen (secondary N) is 1. The van der Waals surface area contributed by atoms with Gasteiger partial charge in [0.25, 0.3) is 5.91 Å². The molecule has 0 unspecified atom stereocenters. The Hall–Kier alpha value is -4.03. The Morgan fingerprint density at radius 3 is 2.02 bits per heavy atom. The first-order valence-corrected chi connectivity index (χ1v) is 22.1. The zero-order chi connectivity index (χ0) is 36.9. The summed E-state index contributed by atoms with van der Waals surface area (Å²) in [5, 5.41) is 3.38. The van der Waals surface area contributed by atoms with Gasteiger partial charge in [0.2, 0.25) is 5.43 Å². The Labute approximate surface area is 311 Å². The smallest absolute Gasteiger partial charge is 0.256 e. The second kappa shape index (κ2) is 16.3. The van der Waals surface area contributed by atoms with Crippen molar-refractivity contribution in [1.82, 2.24) is 14.8 Å². The van der Waals surface area contributed by atoms with Crippen LogP contribution < -0.4 is 29.7 Å². The van der Waals surface area contributed by atoms with E-state index in [4.69, 9.17) is 35.3 Å². The highest BCUT2D eigenvalue weighted by Crippen LogP contribution is 2.42. The van der Waals surface area contributed by atoms with Gasteiger partial charge >= 0.3 is 0 Å². The summed E-state index contributed by atoms with van der Waals surface area (Å²) >= 11 is 7.18. The number of hydrogen-bond donors (Lipinski definition) is 1. The van der Waals surface area contributed by atoms with Crippen LogP contribution in [0.25, 0.3) is 10.9 Å². The molecule has 0 spiro atoms. The molecule has 10 nitrogen and oxygen atoms in total. The summed E-state index contributed by atoms with van der Waals surface area (Å²) in [7, 11) is 1.87. The number of aromatic nitrogens is 1. The molecule has 3 aromatic carbocycles. The standard InChI is InChI=1S/C40H50ClN3O7Si/c1-47-30-10-6-28(7-11-30)24-50-34-22-33-35(36(41)38(34)51-25-29-8-12-31(48-2)13-9-29)37(45)32(23-44(33)27-49-20-21-52(3,4)5)39(46)42-26-40-14-17-43(18-15-40)19-16-40/h6-13,22-23H,14-21,24-27H2,1-5H3,(H,42,46). The van der Waals surface area contributed by atoms with Crippen molar-refractivity contribution in [3.8, 4) is 23.0 Å². The van der Waals surface area contributed by atoms with Gasteiger partial charge in [0.05, 0.1) is 30.1 Å². The summed E-state index contributed by atoms with van der Waals surface area (Å²) in [5.41, 5.74) is 1.87. The number of rotatable bonds is 16. The van der Waals surface area contributed by atoms with Crippen LogP contribution in [0.1, 0.15) is 40.7 Å². The lowest BCUT2D eigenvalue weighted by Gasteiger charge is -2.48. The molecule has 278 valence electrons. The van der Waals surface area contributed by atoms with E-state index in [0.717, 1.165) is 67.6 Å². The molecule has 52 heavy (non-hydrogen) atoms. The second-order valence-corrected chi connectivity index (χ2v) is 21.1. The van der Waals surface area contributed by atoms with Crippen molar-refractivity contribution >= 4 is 36.5 Å². The van der Waals surface area contributed by atoms with Gasteiger partial charge < -0.3 is 38.5 Å². The van der Waals surface area contributed by atoms with E-state index < -0.39 is 19.4 Å². The van der Waals surface area contributed by atoms with Crippen LogP contribution in [0.4, 0.5) is 0 Å². The van der Waals surface area contributed by atoms with E-state index in [1.54, 1.807) is 31.0 Å². The molecule has 4 aromatic rings. The predicted octanol–water partition coefficient (Wildman–Crippen LogP) is 7.36. The lowest BCUT2D eigenvalue weighted by Crippen LogP contribution is -2.52. The minimum atomic E-state index is -1.36. The SMILES string of the molecule is COc1ccc(COc2cc3c(c(Cl)c2OCc2ccc(OC)cc2)c(=O)c(C(=O)NCC24CCN(CC2)CC4)cn3COCC[Si](C)(C)C)cc1. The minimum Gasteiger partial charge on any atom is -0.497 e. The third kappa shape index (κ3) is 8.94. The summed E-state index contributed by atoms with van der Waals surface area (Å²) < 4.78 is 31.3. The Kier molecular flexibility index (Phi) is 11.8. The number of nitrogens with zero attached hydrogens (tertiary/aromatic N) is 2. The van der Waals surface area contributed by atoms with Crippen LogP contribution in [0.3, 0.4) is 0 Å². The number of ether oxygens (including phenoxy) is 5. The molecule has 1 aromatic heterocycles. The maximum atomic E-state index is 14.3. The van der Waals surface area contributed by atoms with Crippen LogP contribution in [0, 0.1) is 5.41 Å². The summed E-state index contributed by atoms with van der Waals surface area (Å²) in [4.78, 5) is 30.7. The van der Waals surface area contributed by atoms with Gasteiger partial charge in [-0.2, -0.15) is 0 Å². The van der Waals surface area contributed by atoms with Gasteiger partial charge in [-0.3, -0.25) is 9.59 Å². The molecule has 4 heterocycles. The van der Waals surface area contributed by atoms with Crippen molar-refractivity contribution in [3.05, 3.63) is 92.7 Å². The van der Waals surface area contributed by atoms with Gasteiger partial charge in [-0.15, -0.1) is 0 Å². The lowest BCUT2D eigenvalue weighted by atomic mass is 9.72. The lowest BCUT2D eigenvalue weighted by molar-refractivity contribution is 0.0262. The van der Waals surface area contributed by atoms with Gasteiger partial charge in [0.15, 0.2) is 11.5 Å². The van der Waals surface area contributed by atoms with Crippen molar-refractivity contribution in [2.75, 3.05) is 47.0 Å². The summed E-state index contributed by atoms with van der Waals surface area (Å²) in [5.74, 6) is 1.62. The zero-order valence-corrected chi connectivity index (χ0v) is 32.6. The highest BCUT2D eigenvalue weighted by molar-refractivity contribution is 6.76. The maximum absolute atomic E-state index is 14.3. The number of benzene rings is 3. The van der Waals surface area contributed by atoms with Gasteiger partial charge in [-0.1, -0.05) is 55.5 Å². The third-order valence-corrected chi connectivity index (χ3v) is 12.4. The van der Waals surface area contributed by atoms with Crippen molar-refractivity contribution in [2.45, 2.75) is 64.9 Å². The number of carbonyl (C=O) groups excluding carboxylic acids is 1. The van der Waals surface area contributed by atoms with E-state index >= 15 is 0 Å². The van der Waals surface area contributed by atoms with E-state index in [1.165, 1.54) is 0 Å². The monoisotopic (exact) mass is 747 g/mol. The van der Waals surface area contributed by atoms with Crippen molar-refractivity contribution < 1.29 is 28.5 Å². The molecule has 0 saturated carbocycles. The number of carbonyl (C=O) groups is 1. The molecular weight excluding hydrogens is 698 g/mol. The fourth-order valence-corrected chi connectivity index (χ4v) is 7.88. The second-order valence-electron chi connectivity index (χ2n) is 15.1. The molecule has 3 fully saturated rings. The average Bonchev–Trinajstić information content (AvgIpc) is 3.15. The van der Waals surface area contributed by atoms with E-state index in [-0.39, 0.29) is 47.1 Å². The normalized spacial score (nSPS) is 18.3. The molecule has 2 bridgehead atoms. The highest BCUT2D eigenvalue weighted by Gasteiger charge is 2.39. The van der Waals surface area contributed by atoms with Gasteiger partial charge in [-0.25, -0.2) is 0 Å². The number of methoxy groups -OCH3 is 2. The van der Waals surface area contributed by atoms with Crippen molar-refractivity contribution in [2.24, 2.45) is 5.41 Å². The van der Waals surface area contributed by atoms with Gasteiger partial charge in [0.1, 0.15) is 37.0 Å². The highest BCUT2D eigenvalue weighted by atomic mass is 35.5. The molecule has 1 amide bonds. The van der Waals surface area contributed by atoms with Crippen LogP contribution in [0.15, 0.2) is 65.6 Å². The van der Waals surface area contributed by atoms with E-state index in [0.29, 0.717) is 24.4 Å². The largest absolute Gasteiger partial charge is 0.497 e. The minimum absolute atomic E-state index is 0.0147. The molecule has 7 rings (SSSR count). The van der Waals surface area contributed by atoms with Gasteiger partial charge in [0, 0.05) is 33.5 Å². The third-order valence-electron chi connectivity index (χ3n) is 10.3. The van der Waals surface area contributed by atoms with Crippen molar-refractivity contribution in [3.63, 3.8) is 0 Å². The predicted molar refractivity (Wildman–Crippen MR) is 207 cm³/mol. The molecule has 0 radical (unpaired) electrons. The molecule has 3 aliphatic heterocycles. The van der Waals surface area contributed by atoms with Crippen molar-refractivity contribution in [1.29, 1.82) is 0 Å². The number of halogens is 1. The fourth-order valence-electron chi connectivity index (χ4n) is 6.79. The Morgan fingerprint density at radius 1 is 0.885 bits per heavy atom. The number of fused-ring (bicyclic) bond motifs is 4. The Balaban J connectivity index is 1.38. The van der Waals surface area contributed by atoms with E-state index in [9.17, 15) is 9.59 Å². The fraction of sp³-hybridized carbons (Fsp3) is 0.450. The van der Waals surface area contributed by atoms with Gasteiger partial charge in [-0.05, 0) is 85.7 Å². The van der Waals surface area contributed by atoms with E-state index in [1.807, 2.05) is 48.5 Å². The molecule has 0 aliphatic carbocycles. The Bertz CT molecular complexity index is 1900. The first-order valence-electron chi connectivity index (χ1n) is 18.0. The molecule has 12 heteroatoms.